The standard InChI is InChI=1S/C15H31N3/c1-4-16-15(14-5-6-14)12-18(3)11-13-7-9-17(2)10-8-13/h13-16H,4-12H2,1-3H3. The fourth-order valence-electron chi connectivity index (χ4n) is 3.24. The minimum Gasteiger partial charge on any atom is -0.313 e. The summed E-state index contributed by atoms with van der Waals surface area (Å²) < 4.78 is 0. The van der Waals surface area contributed by atoms with Crippen molar-refractivity contribution < 1.29 is 0 Å². The Morgan fingerprint density at radius 2 is 1.89 bits per heavy atom. The molecule has 2 aliphatic rings. The van der Waals surface area contributed by atoms with Gasteiger partial charge in [-0.2, -0.15) is 0 Å². The first kappa shape index (κ1) is 14.3. The minimum absolute atomic E-state index is 0.742. The molecule has 1 aliphatic heterocycles. The second kappa shape index (κ2) is 6.88. The zero-order valence-corrected chi connectivity index (χ0v) is 12.5. The molecular formula is C15H31N3. The van der Waals surface area contributed by atoms with Gasteiger partial charge in [0.05, 0.1) is 0 Å². The number of likely N-dealkylation sites (tertiary alicyclic amines) is 1. The third-order valence-electron chi connectivity index (χ3n) is 4.57. The summed E-state index contributed by atoms with van der Waals surface area (Å²) in [5, 5.41) is 3.67. The average Bonchev–Trinajstić information content (AvgIpc) is 3.16. The van der Waals surface area contributed by atoms with E-state index in [2.05, 4.69) is 36.1 Å². The van der Waals surface area contributed by atoms with Crippen molar-refractivity contribution in [3.05, 3.63) is 0 Å². The number of nitrogens with zero attached hydrogens (tertiary/aromatic N) is 2. The van der Waals surface area contributed by atoms with Gasteiger partial charge in [-0.15, -0.1) is 0 Å². The van der Waals surface area contributed by atoms with E-state index >= 15 is 0 Å². The molecule has 3 heteroatoms. The highest BCUT2D eigenvalue weighted by Crippen LogP contribution is 2.33. The molecular weight excluding hydrogens is 222 g/mol. The van der Waals surface area contributed by atoms with Gasteiger partial charge >= 0.3 is 0 Å². The number of hydrogen-bond acceptors (Lipinski definition) is 3. The molecule has 1 saturated heterocycles. The molecule has 0 bridgehead atoms. The lowest BCUT2D eigenvalue weighted by Gasteiger charge is -2.33. The van der Waals surface area contributed by atoms with Crippen LogP contribution >= 0.6 is 0 Å². The smallest absolute Gasteiger partial charge is 0.0223 e. The summed E-state index contributed by atoms with van der Waals surface area (Å²) in [4.78, 5) is 5.03. The van der Waals surface area contributed by atoms with Crippen LogP contribution in [0.2, 0.25) is 0 Å². The first-order valence-electron chi connectivity index (χ1n) is 7.79. The maximum Gasteiger partial charge on any atom is 0.0223 e. The molecule has 18 heavy (non-hydrogen) atoms. The molecule has 0 radical (unpaired) electrons. The van der Waals surface area contributed by atoms with Crippen LogP contribution in [0.15, 0.2) is 0 Å². The van der Waals surface area contributed by atoms with Crippen molar-refractivity contribution in [3.63, 3.8) is 0 Å². The Kier molecular flexibility index (Phi) is 5.46. The summed E-state index contributed by atoms with van der Waals surface area (Å²) in [6.45, 7) is 8.46. The monoisotopic (exact) mass is 253 g/mol. The molecule has 0 aromatic rings. The summed E-state index contributed by atoms with van der Waals surface area (Å²) >= 11 is 0. The van der Waals surface area contributed by atoms with E-state index in [0.717, 1.165) is 24.4 Å². The van der Waals surface area contributed by atoms with E-state index < -0.39 is 0 Å². The predicted molar refractivity (Wildman–Crippen MR) is 77.9 cm³/mol. The number of likely N-dealkylation sites (N-methyl/N-ethyl adjacent to an activating group) is 2. The minimum atomic E-state index is 0.742. The fraction of sp³-hybridized carbons (Fsp3) is 1.00. The van der Waals surface area contributed by atoms with Crippen LogP contribution in [-0.4, -0.2) is 62.7 Å². The van der Waals surface area contributed by atoms with Gasteiger partial charge in [-0.1, -0.05) is 6.92 Å². The van der Waals surface area contributed by atoms with E-state index in [1.165, 1.54) is 51.9 Å². The SMILES string of the molecule is CCNC(CN(C)CC1CCN(C)CC1)C1CC1. The van der Waals surface area contributed by atoms with Crippen molar-refractivity contribution in [1.82, 2.24) is 15.1 Å². The van der Waals surface area contributed by atoms with Crippen LogP contribution in [0.5, 0.6) is 0 Å². The second-order valence-electron chi connectivity index (χ2n) is 6.47. The second-order valence-corrected chi connectivity index (χ2v) is 6.47. The van der Waals surface area contributed by atoms with E-state index in [0.29, 0.717) is 0 Å². The van der Waals surface area contributed by atoms with Crippen molar-refractivity contribution in [2.75, 3.05) is 46.8 Å². The average molecular weight is 253 g/mol. The highest BCUT2D eigenvalue weighted by molar-refractivity contribution is 4.88. The van der Waals surface area contributed by atoms with Gasteiger partial charge < -0.3 is 15.1 Å². The lowest BCUT2D eigenvalue weighted by atomic mass is 9.96. The van der Waals surface area contributed by atoms with Gasteiger partial charge in [0.1, 0.15) is 0 Å². The van der Waals surface area contributed by atoms with Crippen LogP contribution in [0.3, 0.4) is 0 Å². The molecule has 0 aromatic heterocycles. The topological polar surface area (TPSA) is 18.5 Å². The Balaban J connectivity index is 1.68. The molecule has 0 spiro atoms. The van der Waals surface area contributed by atoms with E-state index in [1.54, 1.807) is 0 Å². The summed E-state index contributed by atoms with van der Waals surface area (Å²) in [6, 6.07) is 0.742. The summed E-state index contributed by atoms with van der Waals surface area (Å²) in [5.74, 6) is 1.89. The van der Waals surface area contributed by atoms with Gasteiger partial charge in [0.25, 0.3) is 0 Å². The molecule has 106 valence electrons. The third-order valence-corrected chi connectivity index (χ3v) is 4.57. The molecule has 1 aliphatic carbocycles. The van der Waals surface area contributed by atoms with Crippen molar-refractivity contribution in [2.45, 2.75) is 38.6 Å². The van der Waals surface area contributed by atoms with Gasteiger partial charge in [0, 0.05) is 19.1 Å². The lowest BCUT2D eigenvalue weighted by Crippen LogP contribution is -2.43. The lowest BCUT2D eigenvalue weighted by molar-refractivity contribution is 0.167. The van der Waals surface area contributed by atoms with Crippen LogP contribution in [-0.2, 0) is 0 Å². The number of nitrogens with one attached hydrogen (secondary N) is 1. The van der Waals surface area contributed by atoms with Crippen LogP contribution < -0.4 is 5.32 Å². The maximum atomic E-state index is 3.67. The van der Waals surface area contributed by atoms with Gasteiger partial charge in [0.15, 0.2) is 0 Å². The van der Waals surface area contributed by atoms with E-state index in [-0.39, 0.29) is 0 Å². The zero-order chi connectivity index (χ0) is 13.0. The molecule has 1 N–H and O–H groups in total. The van der Waals surface area contributed by atoms with Crippen LogP contribution in [0.4, 0.5) is 0 Å². The van der Waals surface area contributed by atoms with Crippen molar-refractivity contribution >= 4 is 0 Å². The van der Waals surface area contributed by atoms with E-state index in [9.17, 15) is 0 Å². The first-order valence-corrected chi connectivity index (χ1v) is 7.79. The van der Waals surface area contributed by atoms with Crippen molar-refractivity contribution in [3.8, 4) is 0 Å². The Labute approximate surface area is 113 Å². The van der Waals surface area contributed by atoms with Gasteiger partial charge in [-0.05, 0) is 71.2 Å². The Morgan fingerprint density at radius 3 is 2.44 bits per heavy atom. The molecule has 3 nitrogen and oxygen atoms in total. The molecule has 1 saturated carbocycles. The molecule has 0 aromatic carbocycles. The number of piperidine rings is 1. The van der Waals surface area contributed by atoms with E-state index in [1.807, 2.05) is 0 Å². The maximum absolute atomic E-state index is 3.67. The Hall–Kier alpha value is -0.120. The largest absolute Gasteiger partial charge is 0.313 e. The van der Waals surface area contributed by atoms with Crippen LogP contribution in [0, 0.1) is 11.8 Å². The summed E-state index contributed by atoms with van der Waals surface area (Å²) in [6.07, 6.45) is 5.66. The molecule has 2 fully saturated rings. The highest BCUT2D eigenvalue weighted by atomic mass is 15.1. The number of hydrogen-bond donors (Lipinski definition) is 1. The first-order chi connectivity index (χ1) is 8.69. The fourth-order valence-corrected chi connectivity index (χ4v) is 3.24. The Morgan fingerprint density at radius 1 is 1.22 bits per heavy atom. The van der Waals surface area contributed by atoms with E-state index in [4.69, 9.17) is 0 Å². The van der Waals surface area contributed by atoms with Gasteiger partial charge in [-0.25, -0.2) is 0 Å². The highest BCUT2D eigenvalue weighted by Gasteiger charge is 2.31. The molecule has 1 unspecified atom stereocenters. The molecule has 1 atom stereocenters. The normalized spacial score (nSPS) is 24.7. The zero-order valence-electron chi connectivity index (χ0n) is 12.5. The predicted octanol–water partition coefficient (Wildman–Crippen LogP) is 1.65. The molecule has 1 heterocycles. The quantitative estimate of drug-likeness (QED) is 0.744. The summed E-state index contributed by atoms with van der Waals surface area (Å²) in [5.41, 5.74) is 0. The van der Waals surface area contributed by atoms with Crippen molar-refractivity contribution in [1.29, 1.82) is 0 Å². The third kappa shape index (κ3) is 4.52. The number of rotatable bonds is 7. The van der Waals surface area contributed by atoms with Crippen LogP contribution in [0.25, 0.3) is 0 Å². The van der Waals surface area contributed by atoms with Crippen molar-refractivity contribution in [2.24, 2.45) is 11.8 Å². The van der Waals surface area contributed by atoms with Crippen LogP contribution in [0.1, 0.15) is 32.6 Å². The summed E-state index contributed by atoms with van der Waals surface area (Å²) in [7, 11) is 4.55. The van der Waals surface area contributed by atoms with Gasteiger partial charge in [0.2, 0.25) is 0 Å². The molecule has 2 rings (SSSR count). The Bertz CT molecular complexity index is 232. The van der Waals surface area contributed by atoms with Gasteiger partial charge in [-0.3, -0.25) is 0 Å². The molecule has 0 amide bonds.